The highest BCUT2D eigenvalue weighted by atomic mass is 79.9. The van der Waals surface area contributed by atoms with E-state index in [2.05, 4.69) is 63.0 Å². The van der Waals surface area contributed by atoms with Gasteiger partial charge in [-0.1, -0.05) is 28.1 Å². The molecule has 0 bridgehead atoms. The molecule has 0 aliphatic carbocycles. The first kappa shape index (κ1) is 13.1. The molecule has 0 unspecified atom stereocenters. The maximum atomic E-state index is 3.48. The average Bonchev–Trinajstić information content (AvgIpc) is 2.82. The number of hydrogen-bond acceptors (Lipinski definition) is 3. The van der Waals surface area contributed by atoms with E-state index in [-0.39, 0.29) is 0 Å². The Morgan fingerprint density at radius 2 is 2.18 bits per heavy atom. The van der Waals surface area contributed by atoms with Gasteiger partial charge in [0.05, 0.1) is 0 Å². The lowest BCUT2D eigenvalue weighted by atomic mass is 10.4. The van der Waals surface area contributed by atoms with Crippen molar-refractivity contribution >= 4 is 39.0 Å². The number of halogens is 1. The minimum Gasteiger partial charge on any atom is -0.311 e. The SMILES string of the molecule is Brc1cccc(SCCNCc2cccs2)c1. The summed E-state index contributed by atoms with van der Waals surface area (Å²) < 4.78 is 1.15. The molecule has 0 radical (unpaired) electrons. The fraction of sp³-hybridized carbons (Fsp3) is 0.231. The zero-order valence-electron chi connectivity index (χ0n) is 9.36. The molecule has 0 spiro atoms. The van der Waals surface area contributed by atoms with E-state index in [0.717, 1.165) is 23.3 Å². The van der Waals surface area contributed by atoms with Crippen molar-refractivity contribution in [2.24, 2.45) is 0 Å². The lowest BCUT2D eigenvalue weighted by Crippen LogP contribution is -2.15. The van der Waals surface area contributed by atoms with Gasteiger partial charge in [-0.3, -0.25) is 0 Å². The molecule has 1 aromatic carbocycles. The monoisotopic (exact) mass is 327 g/mol. The van der Waals surface area contributed by atoms with Crippen molar-refractivity contribution in [1.29, 1.82) is 0 Å². The molecular weight excluding hydrogens is 314 g/mol. The summed E-state index contributed by atoms with van der Waals surface area (Å²) in [5.74, 6) is 1.10. The number of rotatable bonds is 6. The standard InChI is InChI=1S/C13H14BrNS2/c14-11-3-1-4-12(9-11)17-8-6-15-10-13-5-2-7-16-13/h1-5,7,9,15H,6,8,10H2. The number of hydrogen-bond donors (Lipinski definition) is 1. The molecule has 0 aliphatic heterocycles. The number of thioether (sulfide) groups is 1. The molecule has 0 fully saturated rings. The third-order valence-electron chi connectivity index (χ3n) is 2.22. The summed E-state index contributed by atoms with van der Waals surface area (Å²) in [7, 11) is 0. The van der Waals surface area contributed by atoms with Gasteiger partial charge in [0, 0.05) is 33.1 Å². The van der Waals surface area contributed by atoms with Crippen molar-refractivity contribution in [3.63, 3.8) is 0 Å². The first-order valence-corrected chi connectivity index (χ1v) is 8.12. The highest BCUT2D eigenvalue weighted by molar-refractivity contribution is 9.10. The van der Waals surface area contributed by atoms with Crippen LogP contribution in [0.2, 0.25) is 0 Å². The van der Waals surface area contributed by atoms with Crippen molar-refractivity contribution in [3.8, 4) is 0 Å². The minimum atomic E-state index is 0.983. The first-order valence-electron chi connectivity index (χ1n) is 5.46. The van der Waals surface area contributed by atoms with Gasteiger partial charge in [-0.25, -0.2) is 0 Å². The first-order chi connectivity index (χ1) is 8.34. The topological polar surface area (TPSA) is 12.0 Å². The van der Waals surface area contributed by atoms with Crippen LogP contribution in [0.4, 0.5) is 0 Å². The van der Waals surface area contributed by atoms with Crippen LogP contribution in [0.3, 0.4) is 0 Å². The Bertz CT molecular complexity index is 442. The molecule has 0 aliphatic rings. The Morgan fingerprint density at radius 1 is 1.24 bits per heavy atom. The van der Waals surface area contributed by atoms with Gasteiger partial charge in [-0.2, -0.15) is 0 Å². The van der Waals surface area contributed by atoms with E-state index < -0.39 is 0 Å². The average molecular weight is 328 g/mol. The molecule has 1 heterocycles. The van der Waals surface area contributed by atoms with Gasteiger partial charge in [-0.15, -0.1) is 23.1 Å². The Balaban J connectivity index is 1.63. The highest BCUT2D eigenvalue weighted by Crippen LogP contribution is 2.21. The van der Waals surface area contributed by atoms with Crippen LogP contribution >= 0.6 is 39.0 Å². The van der Waals surface area contributed by atoms with Crippen molar-refractivity contribution in [2.45, 2.75) is 11.4 Å². The Kier molecular flexibility index (Phi) is 5.58. The summed E-state index contributed by atoms with van der Waals surface area (Å²) in [5, 5.41) is 5.57. The van der Waals surface area contributed by atoms with E-state index in [1.54, 1.807) is 11.3 Å². The van der Waals surface area contributed by atoms with Gasteiger partial charge in [0.2, 0.25) is 0 Å². The van der Waals surface area contributed by atoms with Crippen molar-refractivity contribution in [1.82, 2.24) is 5.32 Å². The summed E-state index contributed by atoms with van der Waals surface area (Å²) in [6.07, 6.45) is 0. The van der Waals surface area contributed by atoms with E-state index in [4.69, 9.17) is 0 Å². The molecule has 1 nitrogen and oxygen atoms in total. The number of thiophene rings is 1. The largest absolute Gasteiger partial charge is 0.311 e. The number of nitrogens with one attached hydrogen (secondary N) is 1. The highest BCUT2D eigenvalue weighted by Gasteiger charge is 1.96. The summed E-state index contributed by atoms with van der Waals surface area (Å²) in [5.41, 5.74) is 0. The van der Waals surface area contributed by atoms with Crippen LogP contribution in [0.5, 0.6) is 0 Å². The molecule has 0 atom stereocenters. The second-order valence-corrected chi connectivity index (χ2v) is 6.68. The van der Waals surface area contributed by atoms with Crippen LogP contribution in [-0.4, -0.2) is 12.3 Å². The van der Waals surface area contributed by atoms with Crippen LogP contribution in [0, 0.1) is 0 Å². The second kappa shape index (κ2) is 7.21. The molecule has 0 saturated carbocycles. The maximum Gasteiger partial charge on any atom is 0.0300 e. The summed E-state index contributed by atoms with van der Waals surface area (Å²) in [6, 6.07) is 12.7. The molecule has 1 N–H and O–H groups in total. The number of benzene rings is 1. The Morgan fingerprint density at radius 3 is 2.94 bits per heavy atom. The molecular formula is C13H14BrNS2. The van der Waals surface area contributed by atoms with Crippen LogP contribution in [0.1, 0.15) is 4.88 Å². The van der Waals surface area contributed by atoms with Gasteiger partial charge < -0.3 is 5.32 Å². The quantitative estimate of drug-likeness (QED) is 0.623. The molecule has 4 heteroatoms. The smallest absolute Gasteiger partial charge is 0.0300 e. The van der Waals surface area contributed by atoms with Crippen LogP contribution in [-0.2, 0) is 6.54 Å². The fourth-order valence-corrected chi connectivity index (χ4v) is 3.52. The van der Waals surface area contributed by atoms with Crippen LogP contribution in [0.25, 0.3) is 0 Å². The second-order valence-electron chi connectivity index (χ2n) is 3.56. The molecule has 2 rings (SSSR count). The van der Waals surface area contributed by atoms with Crippen molar-refractivity contribution < 1.29 is 0 Å². The van der Waals surface area contributed by atoms with E-state index in [0.29, 0.717) is 0 Å². The molecule has 1 aromatic heterocycles. The van der Waals surface area contributed by atoms with Crippen LogP contribution < -0.4 is 5.32 Å². The zero-order valence-corrected chi connectivity index (χ0v) is 12.6. The molecule has 90 valence electrons. The predicted octanol–water partition coefficient (Wildman–Crippen LogP) is 4.39. The van der Waals surface area contributed by atoms with Gasteiger partial charge in [0.1, 0.15) is 0 Å². The third-order valence-corrected chi connectivity index (χ3v) is 4.59. The zero-order chi connectivity index (χ0) is 11.9. The van der Waals surface area contributed by atoms with E-state index in [1.165, 1.54) is 9.77 Å². The van der Waals surface area contributed by atoms with Crippen LogP contribution in [0.15, 0.2) is 51.1 Å². The lowest BCUT2D eigenvalue weighted by Gasteiger charge is -2.03. The minimum absolute atomic E-state index is 0.983. The summed E-state index contributed by atoms with van der Waals surface area (Å²) in [4.78, 5) is 2.72. The lowest BCUT2D eigenvalue weighted by molar-refractivity contribution is 0.741. The normalized spacial score (nSPS) is 10.6. The van der Waals surface area contributed by atoms with Gasteiger partial charge in [0.25, 0.3) is 0 Å². The van der Waals surface area contributed by atoms with Gasteiger partial charge >= 0.3 is 0 Å². The van der Waals surface area contributed by atoms with E-state index in [1.807, 2.05) is 11.8 Å². The molecule has 0 amide bonds. The van der Waals surface area contributed by atoms with Crippen molar-refractivity contribution in [2.75, 3.05) is 12.3 Å². The summed E-state index contributed by atoms with van der Waals surface area (Å²) in [6.45, 7) is 2.02. The van der Waals surface area contributed by atoms with Gasteiger partial charge in [-0.05, 0) is 29.6 Å². The van der Waals surface area contributed by atoms with Crippen molar-refractivity contribution in [3.05, 3.63) is 51.1 Å². The maximum absolute atomic E-state index is 3.48. The summed E-state index contributed by atoms with van der Waals surface area (Å²) >= 11 is 7.17. The Labute approximate surface area is 119 Å². The molecule has 0 saturated heterocycles. The predicted molar refractivity (Wildman–Crippen MR) is 80.9 cm³/mol. The Hall–Kier alpha value is -0.290. The molecule has 2 aromatic rings. The molecule has 17 heavy (non-hydrogen) atoms. The third kappa shape index (κ3) is 4.84. The van der Waals surface area contributed by atoms with E-state index >= 15 is 0 Å². The van der Waals surface area contributed by atoms with Gasteiger partial charge in [0.15, 0.2) is 0 Å². The van der Waals surface area contributed by atoms with E-state index in [9.17, 15) is 0 Å². The fourth-order valence-electron chi connectivity index (χ4n) is 1.42.